The second-order valence-electron chi connectivity index (χ2n) is 6.71. The zero-order chi connectivity index (χ0) is 17.9. The van der Waals surface area contributed by atoms with Gasteiger partial charge in [0.2, 0.25) is 0 Å². The first-order valence-electron chi connectivity index (χ1n) is 8.98. The standard InChI is InChI=1S/C21H22ClN3O/c1-2-9-25-12-16-5-8-20(10-17(16)13-25)26-14-18-11-23-24-21(18)15-3-6-19(22)7-4-15/h3-8,10-11H,2,9,12-14H2,1H3,(H,23,24). The highest BCUT2D eigenvalue weighted by Crippen LogP contribution is 2.28. The smallest absolute Gasteiger partial charge is 0.120 e. The van der Waals surface area contributed by atoms with Crippen LogP contribution in [-0.4, -0.2) is 21.6 Å². The fourth-order valence-electron chi connectivity index (χ4n) is 3.45. The van der Waals surface area contributed by atoms with Gasteiger partial charge in [-0.05, 0) is 48.4 Å². The Morgan fingerprint density at radius 1 is 1.12 bits per heavy atom. The summed E-state index contributed by atoms with van der Waals surface area (Å²) in [6.45, 7) is 5.91. The van der Waals surface area contributed by atoms with Gasteiger partial charge in [-0.2, -0.15) is 5.10 Å². The Labute approximate surface area is 158 Å². The molecule has 1 N–H and O–H groups in total. The Balaban J connectivity index is 1.45. The van der Waals surface area contributed by atoms with Crippen LogP contribution >= 0.6 is 11.6 Å². The first-order valence-corrected chi connectivity index (χ1v) is 9.36. The van der Waals surface area contributed by atoms with Gasteiger partial charge in [-0.3, -0.25) is 10.00 Å². The molecule has 4 nitrogen and oxygen atoms in total. The normalized spacial score (nSPS) is 13.8. The van der Waals surface area contributed by atoms with E-state index in [0.29, 0.717) is 6.61 Å². The number of nitrogens with one attached hydrogen (secondary N) is 1. The molecule has 0 amide bonds. The molecule has 1 aromatic heterocycles. The lowest BCUT2D eigenvalue weighted by molar-refractivity contribution is 0.284. The van der Waals surface area contributed by atoms with E-state index in [1.807, 2.05) is 30.5 Å². The van der Waals surface area contributed by atoms with Gasteiger partial charge in [-0.25, -0.2) is 0 Å². The van der Waals surface area contributed by atoms with Gasteiger partial charge in [0, 0.05) is 29.2 Å². The molecule has 0 unspecified atom stereocenters. The van der Waals surface area contributed by atoms with Crippen LogP contribution in [0.2, 0.25) is 5.02 Å². The molecule has 0 aliphatic carbocycles. The number of halogens is 1. The molecular weight excluding hydrogens is 346 g/mol. The van der Waals surface area contributed by atoms with Crippen LogP contribution in [0.1, 0.15) is 30.0 Å². The second-order valence-corrected chi connectivity index (χ2v) is 7.14. The summed E-state index contributed by atoms with van der Waals surface area (Å²) < 4.78 is 6.05. The molecule has 0 spiro atoms. The quantitative estimate of drug-likeness (QED) is 0.664. The molecule has 2 aromatic carbocycles. The van der Waals surface area contributed by atoms with Crippen LogP contribution in [-0.2, 0) is 19.7 Å². The maximum absolute atomic E-state index is 6.05. The van der Waals surface area contributed by atoms with Gasteiger partial charge >= 0.3 is 0 Å². The summed E-state index contributed by atoms with van der Waals surface area (Å²) in [5.41, 5.74) is 5.84. The van der Waals surface area contributed by atoms with E-state index in [-0.39, 0.29) is 0 Å². The molecule has 2 heterocycles. The summed E-state index contributed by atoms with van der Waals surface area (Å²) in [7, 11) is 0. The van der Waals surface area contributed by atoms with Crippen molar-refractivity contribution in [2.45, 2.75) is 33.0 Å². The molecular formula is C21H22ClN3O. The van der Waals surface area contributed by atoms with Crippen molar-refractivity contribution in [1.82, 2.24) is 15.1 Å². The SMILES string of the molecule is CCCN1Cc2ccc(OCc3cn[nH]c3-c3ccc(Cl)cc3)cc2C1. The van der Waals surface area contributed by atoms with Gasteiger partial charge in [0.05, 0.1) is 11.9 Å². The van der Waals surface area contributed by atoms with E-state index in [9.17, 15) is 0 Å². The number of aromatic nitrogens is 2. The molecule has 3 aromatic rings. The van der Waals surface area contributed by atoms with E-state index < -0.39 is 0 Å². The number of H-pyrrole nitrogens is 1. The predicted octanol–water partition coefficient (Wildman–Crippen LogP) is 5.03. The molecule has 1 aliphatic heterocycles. The highest BCUT2D eigenvalue weighted by molar-refractivity contribution is 6.30. The van der Waals surface area contributed by atoms with Gasteiger partial charge in [0.25, 0.3) is 0 Å². The third-order valence-corrected chi connectivity index (χ3v) is 5.00. The number of rotatable bonds is 6. The highest BCUT2D eigenvalue weighted by Gasteiger charge is 2.18. The molecule has 0 fully saturated rings. The van der Waals surface area contributed by atoms with Gasteiger partial charge in [-0.1, -0.05) is 36.7 Å². The fourth-order valence-corrected chi connectivity index (χ4v) is 3.58. The number of benzene rings is 2. The Hall–Kier alpha value is -2.30. The van der Waals surface area contributed by atoms with Gasteiger partial charge in [-0.15, -0.1) is 0 Å². The molecule has 0 radical (unpaired) electrons. The zero-order valence-electron chi connectivity index (χ0n) is 14.8. The van der Waals surface area contributed by atoms with E-state index in [1.54, 1.807) is 0 Å². The van der Waals surface area contributed by atoms with Gasteiger partial charge in [0.1, 0.15) is 12.4 Å². The van der Waals surface area contributed by atoms with E-state index in [1.165, 1.54) is 17.5 Å². The van der Waals surface area contributed by atoms with Crippen molar-refractivity contribution in [3.63, 3.8) is 0 Å². The van der Waals surface area contributed by atoms with Crippen molar-refractivity contribution in [2.24, 2.45) is 0 Å². The van der Waals surface area contributed by atoms with Crippen LogP contribution in [0.5, 0.6) is 5.75 Å². The summed E-state index contributed by atoms with van der Waals surface area (Å²) >= 11 is 5.98. The zero-order valence-corrected chi connectivity index (χ0v) is 15.6. The predicted molar refractivity (Wildman–Crippen MR) is 104 cm³/mol. The number of ether oxygens (including phenoxy) is 1. The van der Waals surface area contributed by atoms with Gasteiger partial charge < -0.3 is 4.74 Å². The molecule has 0 bridgehead atoms. The van der Waals surface area contributed by atoms with Crippen molar-refractivity contribution in [3.05, 3.63) is 70.4 Å². The molecule has 0 atom stereocenters. The summed E-state index contributed by atoms with van der Waals surface area (Å²) in [5, 5.41) is 7.96. The van der Waals surface area contributed by atoms with Crippen molar-refractivity contribution in [2.75, 3.05) is 6.54 Å². The van der Waals surface area contributed by atoms with Crippen molar-refractivity contribution >= 4 is 11.6 Å². The van der Waals surface area contributed by atoms with Crippen molar-refractivity contribution in [3.8, 4) is 17.0 Å². The minimum atomic E-state index is 0.478. The largest absolute Gasteiger partial charge is 0.489 e. The number of fused-ring (bicyclic) bond motifs is 1. The van der Waals surface area contributed by atoms with Crippen LogP contribution < -0.4 is 4.74 Å². The first kappa shape index (κ1) is 17.1. The Morgan fingerprint density at radius 3 is 2.73 bits per heavy atom. The van der Waals surface area contributed by atoms with E-state index in [4.69, 9.17) is 16.3 Å². The minimum Gasteiger partial charge on any atom is -0.489 e. The van der Waals surface area contributed by atoms with E-state index >= 15 is 0 Å². The molecule has 134 valence electrons. The second kappa shape index (κ2) is 7.52. The molecule has 4 rings (SSSR count). The molecule has 0 saturated carbocycles. The lowest BCUT2D eigenvalue weighted by Crippen LogP contribution is -2.16. The first-order chi connectivity index (χ1) is 12.7. The van der Waals surface area contributed by atoms with E-state index in [0.717, 1.165) is 47.2 Å². The Morgan fingerprint density at radius 2 is 1.92 bits per heavy atom. The Kier molecular flexibility index (Phi) is 4.96. The molecule has 0 saturated heterocycles. The number of nitrogens with zero attached hydrogens (tertiary/aromatic N) is 2. The fraction of sp³-hybridized carbons (Fsp3) is 0.286. The maximum Gasteiger partial charge on any atom is 0.120 e. The number of hydrogen-bond acceptors (Lipinski definition) is 3. The average Bonchev–Trinajstić information content (AvgIpc) is 3.26. The lowest BCUT2D eigenvalue weighted by Gasteiger charge is -2.12. The molecule has 1 aliphatic rings. The monoisotopic (exact) mass is 367 g/mol. The Bertz CT molecular complexity index is 889. The highest BCUT2D eigenvalue weighted by atomic mass is 35.5. The van der Waals surface area contributed by atoms with Crippen LogP contribution in [0.3, 0.4) is 0 Å². The average molecular weight is 368 g/mol. The topological polar surface area (TPSA) is 41.1 Å². The number of hydrogen-bond donors (Lipinski definition) is 1. The summed E-state index contributed by atoms with van der Waals surface area (Å²) in [4.78, 5) is 2.48. The van der Waals surface area contributed by atoms with Crippen LogP contribution in [0, 0.1) is 0 Å². The summed E-state index contributed by atoms with van der Waals surface area (Å²) in [6, 6.07) is 14.2. The van der Waals surface area contributed by atoms with Crippen molar-refractivity contribution < 1.29 is 4.74 Å². The minimum absolute atomic E-state index is 0.478. The van der Waals surface area contributed by atoms with Crippen LogP contribution in [0.15, 0.2) is 48.7 Å². The summed E-state index contributed by atoms with van der Waals surface area (Å²) in [6.07, 6.45) is 3.01. The number of aromatic amines is 1. The van der Waals surface area contributed by atoms with Crippen LogP contribution in [0.25, 0.3) is 11.3 Å². The lowest BCUT2D eigenvalue weighted by atomic mass is 10.1. The van der Waals surface area contributed by atoms with E-state index in [2.05, 4.69) is 40.2 Å². The third kappa shape index (κ3) is 3.62. The summed E-state index contributed by atoms with van der Waals surface area (Å²) in [5.74, 6) is 0.908. The van der Waals surface area contributed by atoms with Crippen LogP contribution in [0.4, 0.5) is 0 Å². The maximum atomic E-state index is 6.05. The molecule has 26 heavy (non-hydrogen) atoms. The third-order valence-electron chi connectivity index (χ3n) is 4.75. The van der Waals surface area contributed by atoms with Crippen molar-refractivity contribution in [1.29, 1.82) is 0 Å². The molecule has 5 heteroatoms. The van der Waals surface area contributed by atoms with Gasteiger partial charge in [0.15, 0.2) is 0 Å².